The molecule has 0 bridgehead atoms. The van der Waals surface area contributed by atoms with Crippen molar-refractivity contribution in [2.45, 2.75) is 12.5 Å². The number of halogens is 2. The highest BCUT2D eigenvalue weighted by molar-refractivity contribution is 6.35. The van der Waals surface area contributed by atoms with Crippen molar-refractivity contribution in [3.63, 3.8) is 0 Å². The van der Waals surface area contributed by atoms with Crippen LogP contribution in [0.15, 0.2) is 18.2 Å². The third-order valence-corrected chi connectivity index (χ3v) is 3.43. The van der Waals surface area contributed by atoms with Gasteiger partial charge in [-0.1, -0.05) is 23.2 Å². The fraction of sp³-hybridized carbons (Fsp3) is 0.385. The minimum atomic E-state index is -1.03. The number of benzene rings is 1. The van der Waals surface area contributed by atoms with E-state index in [1.165, 1.54) is 0 Å². The number of carbonyl (C=O) groups excluding carboxylic acids is 1. The van der Waals surface area contributed by atoms with E-state index >= 15 is 0 Å². The zero-order valence-corrected chi connectivity index (χ0v) is 12.2. The van der Waals surface area contributed by atoms with Gasteiger partial charge in [0.2, 0.25) is 0 Å². The van der Waals surface area contributed by atoms with Crippen LogP contribution >= 0.6 is 23.2 Å². The van der Waals surface area contributed by atoms with Gasteiger partial charge in [0, 0.05) is 15.6 Å². The second-order valence-corrected chi connectivity index (χ2v) is 5.82. The summed E-state index contributed by atoms with van der Waals surface area (Å²) in [6, 6.07) is 4.64. The molecule has 1 aliphatic heterocycles. The molecule has 1 aliphatic rings. The van der Waals surface area contributed by atoms with E-state index in [9.17, 15) is 9.59 Å². The van der Waals surface area contributed by atoms with E-state index in [0.717, 1.165) is 0 Å². The normalized spacial score (nSPS) is 16.6. The number of carbonyl (C=O) groups is 2. The molecule has 1 aromatic carbocycles. The van der Waals surface area contributed by atoms with Gasteiger partial charge in [-0.15, -0.1) is 0 Å². The lowest BCUT2D eigenvalue weighted by atomic mass is 9.95. The maximum Gasteiger partial charge on any atom is 0.329 e. The zero-order chi connectivity index (χ0) is 14.9. The van der Waals surface area contributed by atoms with E-state index in [-0.39, 0.29) is 12.5 Å². The number of hydrogen-bond acceptors (Lipinski definition) is 3. The highest BCUT2D eigenvalue weighted by atomic mass is 35.5. The Hall–Kier alpha value is -1.30. The van der Waals surface area contributed by atoms with Gasteiger partial charge in [0.15, 0.2) is 0 Å². The number of hydrogen-bond donors (Lipinski definition) is 1. The summed E-state index contributed by atoms with van der Waals surface area (Å²) in [6.07, 6.45) is 0. The van der Waals surface area contributed by atoms with Crippen molar-refractivity contribution >= 4 is 35.1 Å². The largest absolute Gasteiger partial charge is 0.480 e. The molecule has 0 spiro atoms. The number of ether oxygens (including phenoxy) is 1. The first-order chi connectivity index (χ1) is 9.29. The smallest absolute Gasteiger partial charge is 0.329 e. The van der Waals surface area contributed by atoms with Crippen molar-refractivity contribution in [3.05, 3.63) is 33.8 Å². The predicted octanol–water partition coefficient (Wildman–Crippen LogP) is 2.31. The topological polar surface area (TPSA) is 66.8 Å². The molecule has 108 valence electrons. The SMILES string of the molecule is CC1(OCC(=O)O)CN(C(=O)c2cc(Cl)cc(Cl)c2)C1. The molecular weight excluding hydrogens is 305 g/mol. The molecule has 2 rings (SSSR count). The first-order valence-electron chi connectivity index (χ1n) is 5.90. The Kier molecular flexibility index (Phi) is 4.22. The van der Waals surface area contributed by atoms with Crippen molar-refractivity contribution in [1.29, 1.82) is 0 Å². The number of rotatable bonds is 4. The molecule has 1 fully saturated rings. The van der Waals surface area contributed by atoms with Gasteiger partial charge < -0.3 is 14.7 Å². The Morgan fingerprint density at radius 1 is 1.30 bits per heavy atom. The van der Waals surface area contributed by atoms with Crippen molar-refractivity contribution in [2.24, 2.45) is 0 Å². The average Bonchev–Trinajstić information content (AvgIpc) is 2.31. The first kappa shape index (κ1) is 15.1. The fourth-order valence-electron chi connectivity index (χ4n) is 2.09. The van der Waals surface area contributed by atoms with Gasteiger partial charge in [0.25, 0.3) is 5.91 Å². The summed E-state index contributed by atoms with van der Waals surface area (Å²) in [5.41, 5.74) is -0.209. The molecule has 1 aromatic rings. The van der Waals surface area contributed by atoms with Crippen molar-refractivity contribution in [3.8, 4) is 0 Å². The van der Waals surface area contributed by atoms with Gasteiger partial charge in [0.1, 0.15) is 12.2 Å². The van der Waals surface area contributed by atoms with Gasteiger partial charge in [-0.25, -0.2) is 4.79 Å². The van der Waals surface area contributed by atoms with Crippen LogP contribution in [0, 0.1) is 0 Å². The highest BCUT2D eigenvalue weighted by Gasteiger charge is 2.43. The van der Waals surface area contributed by atoms with Crippen LogP contribution in [0.3, 0.4) is 0 Å². The molecule has 7 heteroatoms. The standard InChI is InChI=1S/C13H13Cl2NO4/c1-13(20-5-11(17)18)6-16(7-13)12(19)8-2-9(14)4-10(15)3-8/h2-4H,5-7H2,1H3,(H,17,18). The second-order valence-electron chi connectivity index (χ2n) is 4.95. The molecule has 1 N–H and O–H groups in total. The Morgan fingerprint density at radius 2 is 1.85 bits per heavy atom. The molecule has 0 radical (unpaired) electrons. The summed E-state index contributed by atoms with van der Waals surface area (Å²) in [4.78, 5) is 24.2. The molecule has 5 nitrogen and oxygen atoms in total. The summed E-state index contributed by atoms with van der Waals surface area (Å²) in [5.74, 6) is -1.23. The number of carboxylic acid groups (broad SMARTS) is 1. The Morgan fingerprint density at radius 3 is 2.35 bits per heavy atom. The second kappa shape index (κ2) is 5.60. The molecule has 20 heavy (non-hydrogen) atoms. The molecule has 0 saturated carbocycles. The van der Waals surface area contributed by atoms with Crippen LogP contribution in [0.2, 0.25) is 10.0 Å². The Labute approximate surface area is 126 Å². The predicted molar refractivity (Wildman–Crippen MR) is 74.4 cm³/mol. The summed E-state index contributed by atoms with van der Waals surface area (Å²) in [7, 11) is 0. The third-order valence-electron chi connectivity index (χ3n) is 2.99. The molecule has 1 heterocycles. The minimum Gasteiger partial charge on any atom is -0.480 e. The van der Waals surface area contributed by atoms with Crippen LogP contribution in [0.4, 0.5) is 0 Å². The minimum absolute atomic E-state index is 0.203. The van der Waals surface area contributed by atoms with Crippen LogP contribution in [0.1, 0.15) is 17.3 Å². The first-order valence-corrected chi connectivity index (χ1v) is 6.66. The highest BCUT2D eigenvalue weighted by Crippen LogP contribution is 2.28. The average molecular weight is 318 g/mol. The number of likely N-dealkylation sites (tertiary alicyclic amines) is 1. The van der Waals surface area contributed by atoms with E-state index < -0.39 is 11.6 Å². The van der Waals surface area contributed by atoms with Crippen LogP contribution < -0.4 is 0 Å². The van der Waals surface area contributed by atoms with Gasteiger partial charge >= 0.3 is 5.97 Å². The maximum absolute atomic E-state index is 12.2. The molecule has 1 amide bonds. The maximum atomic E-state index is 12.2. The lowest BCUT2D eigenvalue weighted by Crippen LogP contribution is -2.63. The van der Waals surface area contributed by atoms with E-state index in [1.807, 2.05) is 0 Å². The van der Waals surface area contributed by atoms with Gasteiger partial charge in [-0.3, -0.25) is 4.79 Å². The van der Waals surface area contributed by atoms with Crippen LogP contribution in [0.5, 0.6) is 0 Å². The molecule has 0 unspecified atom stereocenters. The quantitative estimate of drug-likeness (QED) is 0.925. The number of nitrogens with zero attached hydrogens (tertiary/aromatic N) is 1. The van der Waals surface area contributed by atoms with Crippen LogP contribution in [-0.2, 0) is 9.53 Å². The molecular formula is C13H13Cl2NO4. The molecule has 0 aliphatic carbocycles. The van der Waals surface area contributed by atoms with Gasteiger partial charge in [0.05, 0.1) is 13.1 Å². The lowest BCUT2D eigenvalue weighted by Gasteiger charge is -2.47. The monoisotopic (exact) mass is 317 g/mol. The lowest BCUT2D eigenvalue weighted by molar-refractivity contribution is -0.159. The van der Waals surface area contributed by atoms with E-state index in [1.54, 1.807) is 30.0 Å². The van der Waals surface area contributed by atoms with Crippen molar-refractivity contribution < 1.29 is 19.4 Å². The summed E-state index contributed by atoms with van der Waals surface area (Å²) >= 11 is 11.7. The number of amides is 1. The summed E-state index contributed by atoms with van der Waals surface area (Å²) < 4.78 is 5.25. The van der Waals surface area contributed by atoms with Gasteiger partial charge in [-0.2, -0.15) is 0 Å². The fourth-order valence-corrected chi connectivity index (χ4v) is 2.62. The Balaban J connectivity index is 1.98. The van der Waals surface area contributed by atoms with Crippen molar-refractivity contribution in [2.75, 3.05) is 19.7 Å². The zero-order valence-electron chi connectivity index (χ0n) is 10.7. The third kappa shape index (κ3) is 3.42. The van der Waals surface area contributed by atoms with Gasteiger partial charge in [-0.05, 0) is 25.1 Å². The van der Waals surface area contributed by atoms with E-state index in [0.29, 0.717) is 28.7 Å². The van der Waals surface area contributed by atoms with Crippen LogP contribution in [-0.4, -0.2) is 47.2 Å². The number of carboxylic acids is 1. The Bertz CT molecular complexity index is 535. The molecule has 0 atom stereocenters. The molecule has 1 saturated heterocycles. The summed E-state index contributed by atoms with van der Waals surface area (Å²) in [5, 5.41) is 9.37. The number of aliphatic carboxylic acids is 1. The van der Waals surface area contributed by atoms with Crippen LogP contribution in [0.25, 0.3) is 0 Å². The van der Waals surface area contributed by atoms with E-state index in [4.69, 9.17) is 33.0 Å². The summed E-state index contributed by atoms with van der Waals surface area (Å²) in [6.45, 7) is 2.07. The molecule has 0 aromatic heterocycles. The van der Waals surface area contributed by atoms with E-state index in [2.05, 4.69) is 0 Å². The van der Waals surface area contributed by atoms with Crippen molar-refractivity contribution in [1.82, 2.24) is 4.90 Å².